The summed E-state index contributed by atoms with van der Waals surface area (Å²) >= 11 is 0. The van der Waals surface area contributed by atoms with E-state index >= 15 is 0 Å². The number of rotatable bonds is 10. The molecule has 0 radical (unpaired) electrons. The number of nitrogens with one attached hydrogen (secondary N) is 2. The molecular weight excluding hydrogens is 290 g/mol. The number of piperidine rings is 1. The molecule has 2 N–H and O–H groups in total. The lowest BCUT2D eigenvalue weighted by molar-refractivity contribution is 0.123. The summed E-state index contributed by atoms with van der Waals surface area (Å²) in [5.74, 6) is 0.761. The summed E-state index contributed by atoms with van der Waals surface area (Å²) in [6.07, 6.45) is 6.30. The van der Waals surface area contributed by atoms with E-state index in [0.29, 0.717) is 26.2 Å². The van der Waals surface area contributed by atoms with Crippen LogP contribution in [0.4, 0.5) is 0 Å². The summed E-state index contributed by atoms with van der Waals surface area (Å²) in [5, 5.41) is 3.09. The molecule has 21 heavy (non-hydrogen) atoms. The highest BCUT2D eigenvalue weighted by Gasteiger charge is 2.31. The van der Waals surface area contributed by atoms with Crippen molar-refractivity contribution in [3.05, 3.63) is 0 Å². The molecule has 2 fully saturated rings. The lowest BCUT2D eigenvalue weighted by atomic mass is 10.1. The van der Waals surface area contributed by atoms with E-state index < -0.39 is 10.2 Å². The molecule has 7 heteroatoms. The van der Waals surface area contributed by atoms with Crippen molar-refractivity contribution in [2.24, 2.45) is 5.92 Å². The molecule has 1 aliphatic heterocycles. The molecule has 1 unspecified atom stereocenters. The van der Waals surface area contributed by atoms with Crippen LogP contribution >= 0.6 is 0 Å². The number of nitrogens with zero attached hydrogens (tertiary/aromatic N) is 1. The molecule has 0 spiro atoms. The minimum atomic E-state index is -3.36. The molecule has 124 valence electrons. The van der Waals surface area contributed by atoms with Crippen LogP contribution < -0.4 is 10.0 Å². The zero-order chi connectivity index (χ0) is 15.1. The summed E-state index contributed by atoms with van der Waals surface area (Å²) < 4.78 is 34.6. The predicted octanol–water partition coefficient (Wildman–Crippen LogP) is 0.711. The Hall–Kier alpha value is -0.210. The summed E-state index contributed by atoms with van der Waals surface area (Å²) in [6, 6.07) is 0.0763. The minimum Gasteiger partial charge on any atom is -0.381 e. The van der Waals surface area contributed by atoms with Crippen molar-refractivity contribution in [1.82, 2.24) is 14.3 Å². The molecular formula is C14H29N3O3S. The quantitative estimate of drug-likeness (QED) is 0.582. The molecule has 0 aromatic heterocycles. The number of ether oxygens (including phenoxy) is 1. The largest absolute Gasteiger partial charge is 0.381 e. The van der Waals surface area contributed by atoms with E-state index in [4.69, 9.17) is 4.74 Å². The molecule has 1 aliphatic carbocycles. The van der Waals surface area contributed by atoms with Crippen molar-refractivity contribution in [3.63, 3.8) is 0 Å². The maximum atomic E-state index is 12.4. The molecule has 2 aliphatic rings. The van der Waals surface area contributed by atoms with Gasteiger partial charge in [0.2, 0.25) is 0 Å². The average molecular weight is 319 g/mol. The van der Waals surface area contributed by atoms with Crippen molar-refractivity contribution in [1.29, 1.82) is 0 Å². The third-order valence-electron chi connectivity index (χ3n) is 4.12. The lowest BCUT2D eigenvalue weighted by Gasteiger charge is -2.34. The van der Waals surface area contributed by atoms with Gasteiger partial charge < -0.3 is 10.1 Å². The van der Waals surface area contributed by atoms with Gasteiger partial charge >= 0.3 is 0 Å². The van der Waals surface area contributed by atoms with Crippen LogP contribution in [0.15, 0.2) is 0 Å². The second kappa shape index (κ2) is 8.43. The highest BCUT2D eigenvalue weighted by atomic mass is 32.2. The summed E-state index contributed by atoms with van der Waals surface area (Å²) in [5.41, 5.74) is 0. The molecule has 1 saturated carbocycles. The van der Waals surface area contributed by atoms with Gasteiger partial charge in [-0.05, 0) is 45.1 Å². The SMILES string of the molecule is CNCC1CCCCN1S(=O)(=O)NCCCOCC1CC1. The maximum absolute atomic E-state index is 12.4. The predicted molar refractivity (Wildman–Crippen MR) is 83.4 cm³/mol. The second-order valence-corrected chi connectivity index (χ2v) is 7.80. The van der Waals surface area contributed by atoms with E-state index in [9.17, 15) is 8.42 Å². The van der Waals surface area contributed by atoms with Gasteiger partial charge in [-0.25, -0.2) is 4.72 Å². The first-order chi connectivity index (χ1) is 10.1. The Bertz CT molecular complexity index is 396. The highest BCUT2D eigenvalue weighted by Crippen LogP contribution is 2.28. The van der Waals surface area contributed by atoms with Gasteiger partial charge in [-0.3, -0.25) is 0 Å². The molecule has 0 aromatic carbocycles. The van der Waals surface area contributed by atoms with Gasteiger partial charge in [0, 0.05) is 38.9 Å². The maximum Gasteiger partial charge on any atom is 0.279 e. The van der Waals surface area contributed by atoms with Crippen molar-refractivity contribution in [2.75, 3.05) is 39.9 Å². The monoisotopic (exact) mass is 319 g/mol. The Morgan fingerprint density at radius 1 is 1.24 bits per heavy atom. The van der Waals surface area contributed by atoms with Crippen LogP contribution in [-0.4, -0.2) is 58.7 Å². The fourth-order valence-electron chi connectivity index (χ4n) is 2.72. The molecule has 0 aromatic rings. The van der Waals surface area contributed by atoms with E-state index in [1.54, 1.807) is 4.31 Å². The van der Waals surface area contributed by atoms with Gasteiger partial charge in [-0.2, -0.15) is 12.7 Å². The Labute approximate surface area is 128 Å². The first-order valence-corrected chi connectivity index (χ1v) is 9.56. The van der Waals surface area contributed by atoms with Gasteiger partial charge in [0.1, 0.15) is 0 Å². The van der Waals surface area contributed by atoms with Gasteiger partial charge in [0.25, 0.3) is 10.2 Å². The topological polar surface area (TPSA) is 70.7 Å². The zero-order valence-electron chi connectivity index (χ0n) is 13.0. The van der Waals surface area contributed by atoms with Gasteiger partial charge in [-0.1, -0.05) is 6.42 Å². The summed E-state index contributed by atoms with van der Waals surface area (Å²) in [7, 11) is -1.49. The normalized spacial score (nSPS) is 24.3. The van der Waals surface area contributed by atoms with Crippen LogP contribution in [0.5, 0.6) is 0 Å². The van der Waals surface area contributed by atoms with Crippen molar-refractivity contribution in [2.45, 2.75) is 44.6 Å². The fraction of sp³-hybridized carbons (Fsp3) is 1.00. The zero-order valence-corrected chi connectivity index (χ0v) is 13.8. The van der Waals surface area contributed by atoms with E-state index in [-0.39, 0.29) is 6.04 Å². The van der Waals surface area contributed by atoms with Crippen LogP contribution in [0, 0.1) is 5.92 Å². The highest BCUT2D eigenvalue weighted by molar-refractivity contribution is 7.87. The minimum absolute atomic E-state index is 0.0763. The Morgan fingerprint density at radius 3 is 2.76 bits per heavy atom. The Balaban J connectivity index is 1.68. The van der Waals surface area contributed by atoms with E-state index in [1.165, 1.54) is 12.8 Å². The van der Waals surface area contributed by atoms with Crippen molar-refractivity contribution >= 4 is 10.2 Å². The Kier molecular flexibility index (Phi) is 6.88. The van der Waals surface area contributed by atoms with Gasteiger partial charge in [0.05, 0.1) is 0 Å². The van der Waals surface area contributed by atoms with E-state index in [1.807, 2.05) is 7.05 Å². The number of likely N-dealkylation sites (N-methyl/N-ethyl adjacent to an activating group) is 1. The number of hydrogen-bond donors (Lipinski definition) is 2. The molecule has 1 heterocycles. The van der Waals surface area contributed by atoms with Crippen LogP contribution in [0.1, 0.15) is 38.5 Å². The van der Waals surface area contributed by atoms with Crippen LogP contribution in [0.25, 0.3) is 0 Å². The number of hydrogen-bond acceptors (Lipinski definition) is 4. The first-order valence-electron chi connectivity index (χ1n) is 8.12. The fourth-order valence-corrected chi connectivity index (χ4v) is 4.23. The molecule has 6 nitrogen and oxygen atoms in total. The third kappa shape index (κ3) is 5.83. The van der Waals surface area contributed by atoms with Gasteiger partial charge in [-0.15, -0.1) is 0 Å². The second-order valence-electron chi connectivity index (χ2n) is 6.09. The van der Waals surface area contributed by atoms with Crippen LogP contribution in [0.3, 0.4) is 0 Å². The molecule has 0 bridgehead atoms. The summed E-state index contributed by atoms with van der Waals surface area (Å²) in [6.45, 7) is 3.27. The van der Waals surface area contributed by atoms with Crippen LogP contribution in [-0.2, 0) is 14.9 Å². The smallest absolute Gasteiger partial charge is 0.279 e. The molecule has 1 saturated heterocycles. The van der Waals surface area contributed by atoms with E-state index in [0.717, 1.165) is 38.2 Å². The van der Waals surface area contributed by atoms with Gasteiger partial charge in [0.15, 0.2) is 0 Å². The first kappa shape index (κ1) is 17.1. The van der Waals surface area contributed by atoms with E-state index in [2.05, 4.69) is 10.0 Å². The molecule has 2 rings (SSSR count). The molecule has 0 amide bonds. The third-order valence-corrected chi connectivity index (χ3v) is 5.79. The lowest BCUT2D eigenvalue weighted by Crippen LogP contribution is -2.52. The van der Waals surface area contributed by atoms with Crippen molar-refractivity contribution < 1.29 is 13.2 Å². The summed E-state index contributed by atoms with van der Waals surface area (Å²) in [4.78, 5) is 0. The van der Waals surface area contributed by atoms with Crippen molar-refractivity contribution in [3.8, 4) is 0 Å². The van der Waals surface area contributed by atoms with Crippen LogP contribution in [0.2, 0.25) is 0 Å². The molecule has 1 atom stereocenters. The standard InChI is InChI=1S/C14H29N3O3S/c1-15-11-14-5-2-3-9-17(14)21(18,19)16-8-4-10-20-12-13-6-7-13/h13-16H,2-12H2,1H3. The Morgan fingerprint density at radius 2 is 2.05 bits per heavy atom. The average Bonchev–Trinajstić information content (AvgIpc) is 3.28.